The van der Waals surface area contributed by atoms with Gasteiger partial charge in [-0.15, -0.1) is 0 Å². The van der Waals surface area contributed by atoms with Crippen LogP contribution in [-0.2, 0) is 4.74 Å². The number of hydrogen-bond acceptors (Lipinski definition) is 2. The van der Waals surface area contributed by atoms with Crippen LogP contribution < -0.4 is 10.6 Å². The molecular formula is C14H31N3O. The second kappa shape index (κ2) is 11.3. The summed E-state index contributed by atoms with van der Waals surface area (Å²) in [4.78, 5) is 4.21. The highest BCUT2D eigenvalue weighted by molar-refractivity contribution is 5.79. The molecule has 0 bridgehead atoms. The van der Waals surface area contributed by atoms with E-state index in [1.165, 1.54) is 6.42 Å². The molecule has 0 aliphatic rings. The SMILES string of the molecule is CCCCOCCCNC(=NC)NC(C)C(C)C. The summed E-state index contributed by atoms with van der Waals surface area (Å²) in [5.41, 5.74) is 0. The summed E-state index contributed by atoms with van der Waals surface area (Å²) in [6, 6.07) is 0.428. The van der Waals surface area contributed by atoms with Crippen molar-refractivity contribution in [3.05, 3.63) is 0 Å². The summed E-state index contributed by atoms with van der Waals surface area (Å²) >= 11 is 0. The molecule has 0 fully saturated rings. The maximum absolute atomic E-state index is 5.51. The molecule has 4 nitrogen and oxygen atoms in total. The third kappa shape index (κ3) is 9.28. The molecule has 0 heterocycles. The lowest BCUT2D eigenvalue weighted by atomic mass is 10.1. The van der Waals surface area contributed by atoms with Crippen LogP contribution in [0.3, 0.4) is 0 Å². The minimum atomic E-state index is 0.428. The monoisotopic (exact) mass is 257 g/mol. The normalized spacial score (nSPS) is 13.8. The van der Waals surface area contributed by atoms with Gasteiger partial charge in [-0.1, -0.05) is 27.2 Å². The van der Waals surface area contributed by atoms with Gasteiger partial charge in [0.05, 0.1) is 0 Å². The highest BCUT2D eigenvalue weighted by Gasteiger charge is 2.08. The molecule has 0 amide bonds. The first-order valence-electron chi connectivity index (χ1n) is 7.16. The number of aliphatic imine (C=N–C) groups is 1. The molecule has 0 radical (unpaired) electrons. The number of guanidine groups is 1. The predicted octanol–water partition coefficient (Wildman–Crippen LogP) is 2.40. The van der Waals surface area contributed by atoms with Crippen molar-refractivity contribution in [3.63, 3.8) is 0 Å². The van der Waals surface area contributed by atoms with Crippen LogP contribution in [0.1, 0.15) is 47.0 Å². The Bertz CT molecular complexity index is 217. The number of unbranched alkanes of at least 4 members (excludes halogenated alkanes) is 1. The third-order valence-corrected chi connectivity index (χ3v) is 2.99. The Morgan fingerprint density at radius 3 is 2.39 bits per heavy atom. The van der Waals surface area contributed by atoms with E-state index < -0.39 is 0 Å². The maximum Gasteiger partial charge on any atom is 0.191 e. The van der Waals surface area contributed by atoms with E-state index in [9.17, 15) is 0 Å². The van der Waals surface area contributed by atoms with Gasteiger partial charge in [0, 0.05) is 32.8 Å². The van der Waals surface area contributed by atoms with E-state index in [2.05, 4.69) is 43.3 Å². The first kappa shape index (κ1) is 17.2. The second-order valence-corrected chi connectivity index (χ2v) is 5.00. The molecule has 0 saturated carbocycles. The Morgan fingerprint density at radius 2 is 1.83 bits per heavy atom. The number of hydrogen-bond donors (Lipinski definition) is 2. The molecular weight excluding hydrogens is 226 g/mol. The number of ether oxygens (including phenoxy) is 1. The van der Waals surface area contributed by atoms with Crippen LogP contribution in [0.4, 0.5) is 0 Å². The Kier molecular flexibility index (Phi) is 10.8. The van der Waals surface area contributed by atoms with Crippen LogP contribution in [0, 0.1) is 5.92 Å². The van der Waals surface area contributed by atoms with E-state index in [1.54, 1.807) is 7.05 Å². The fourth-order valence-electron chi connectivity index (χ4n) is 1.31. The van der Waals surface area contributed by atoms with Crippen LogP contribution in [0.5, 0.6) is 0 Å². The molecule has 0 aromatic heterocycles. The predicted molar refractivity (Wildman–Crippen MR) is 79.1 cm³/mol. The quantitative estimate of drug-likeness (QED) is 0.379. The molecule has 0 rings (SSSR count). The molecule has 0 aromatic rings. The van der Waals surface area contributed by atoms with Gasteiger partial charge in [-0.2, -0.15) is 0 Å². The van der Waals surface area contributed by atoms with Gasteiger partial charge in [-0.3, -0.25) is 4.99 Å². The zero-order valence-corrected chi connectivity index (χ0v) is 12.8. The van der Waals surface area contributed by atoms with Crippen molar-refractivity contribution in [2.75, 3.05) is 26.8 Å². The van der Waals surface area contributed by atoms with Crippen LogP contribution in [0.2, 0.25) is 0 Å². The highest BCUT2D eigenvalue weighted by atomic mass is 16.5. The van der Waals surface area contributed by atoms with Gasteiger partial charge in [0.1, 0.15) is 0 Å². The minimum absolute atomic E-state index is 0.428. The van der Waals surface area contributed by atoms with Crippen molar-refractivity contribution in [2.24, 2.45) is 10.9 Å². The topological polar surface area (TPSA) is 45.6 Å². The van der Waals surface area contributed by atoms with Crippen molar-refractivity contribution >= 4 is 5.96 Å². The third-order valence-electron chi connectivity index (χ3n) is 2.99. The van der Waals surface area contributed by atoms with Gasteiger partial charge < -0.3 is 15.4 Å². The molecule has 108 valence electrons. The van der Waals surface area contributed by atoms with Crippen LogP contribution >= 0.6 is 0 Å². The van der Waals surface area contributed by atoms with Crippen LogP contribution in [-0.4, -0.2) is 38.8 Å². The van der Waals surface area contributed by atoms with Crippen molar-refractivity contribution < 1.29 is 4.74 Å². The summed E-state index contributed by atoms with van der Waals surface area (Å²) < 4.78 is 5.51. The van der Waals surface area contributed by atoms with Crippen molar-refractivity contribution in [3.8, 4) is 0 Å². The lowest BCUT2D eigenvalue weighted by Crippen LogP contribution is -2.44. The molecule has 1 unspecified atom stereocenters. The van der Waals surface area contributed by atoms with Gasteiger partial charge in [0.25, 0.3) is 0 Å². The van der Waals surface area contributed by atoms with E-state index in [0.29, 0.717) is 12.0 Å². The van der Waals surface area contributed by atoms with Gasteiger partial charge in [0.15, 0.2) is 5.96 Å². The number of rotatable bonds is 9. The first-order valence-corrected chi connectivity index (χ1v) is 7.16. The molecule has 0 aliphatic carbocycles. The largest absolute Gasteiger partial charge is 0.381 e. The molecule has 0 saturated heterocycles. The molecule has 1 atom stereocenters. The van der Waals surface area contributed by atoms with Crippen molar-refractivity contribution in [1.82, 2.24) is 10.6 Å². The summed E-state index contributed by atoms with van der Waals surface area (Å²) in [5.74, 6) is 1.48. The summed E-state index contributed by atoms with van der Waals surface area (Å²) in [5, 5.41) is 6.68. The first-order chi connectivity index (χ1) is 8.61. The van der Waals surface area contributed by atoms with Gasteiger partial charge in [0.2, 0.25) is 0 Å². The van der Waals surface area contributed by atoms with E-state index >= 15 is 0 Å². The van der Waals surface area contributed by atoms with E-state index in [-0.39, 0.29) is 0 Å². The van der Waals surface area contributed by atoms with E-state index in [1.807, 2.05) is 0 Å². The van der Waals surface area contributed by atoms with Crippen molar-refractivity contribution in [1.29, 1.82) is 0 Å². The molecule has 0 aromatic carbocycles. The smallest absolute Gasteiger partial charge is 0.191 e. The Labute approximate surface area is 113 Å². The van der Waals surface area contributed by atoms with Gasteiger partial charge in [-0.05, 0) is 25.7 Å². The minimum Gasteiger partial charge on any atom is -0.381 e. The maximum atomic E-state index is 5.51. The molecule has 0 spiro atoms. The Morgan fingerprint density at radius 1 is 1.17 bits per heavy atom. The fourth-order valence-corrected chi connectivity index (χ4v) is 1.31. The fraction of sp³-hybridized carbons (Fsp3) is 0.929. The van der Waals surface area contributed by atoms with Crippen LogP contribution in [0.25, 0.3) is 0 Å². The summed E-state index contributed by atoms with van der Waals surface area (Å²) in [6.07, 6.45) is 3.37. The Hall–Kier alpha value is -0.770. The second-order valence-electron chi connectivity index (χ2n) is 5.00. The molecule has 0 aliphatic heterocycles. The lowest BCUT2D eigenvalue weighted by molar-refractivity contribution is 0.129. The summed E-state index contributed by atoms with van der Waals surface area (Å²) in [7, 11) is 1.81. The zero-order chi connectivity index (χ0) is 13.8. The molecule has 2 N–H and O–H groups in total. The standard InChI is InChI=1S/C14H31N3O/c1-6-7-10-18-11-8-9-16-14(15-5)17-13(4)12(2)3/h12-13H,6-11H2,1-5H3,(H2,15,16,17). The summed E-state index contributed by atoms with van der Waals surface area (Å²) in [6.45, 7) is 11.4. The average molecular weight is 257 g/mol. The van der Waals surface area contributed by atoms with Gasteiger partial charge >= 0.3 is 0 Å². The Balaban J connectivity index is 3.57. The number of nitrogens with zero attached hydrogens (tertiary/aromatic N) is 1. The van der Waals surface area contributed by atoms with Crippen molar-refractivity contribution in [2.45, 2.75) is 53.0 Å². The lowest BCUT2D eigenvalue weighted by Gasteiger charge is -2.20. The number of nitrogens with one attached hydrogen (secondary N) is 2. The van der Waals surface area contributed by atoms with Crippen LogP contribution in [0.15, 0.2) is 4.99 Å². The highest BCUT2D eigenvalue weighted by Crippen LogP contribution is 1.99. The molecule has 18 heavy (non-hydrogen) atoms. The molecule has 4 heteroatoms. The van der Waals surface area contributed by atoms with E-state index in [0.717, 1.165) is 38.6 Å². The average Bonchev–Trinajstić information content (AvgIpc) is 2.35. The van der Waals surface area contributed by atoms with E-state index in [4.69, 9.17) is 4.74 Å². The zero-order valence-electron chi connectivity index (χ0n) is 12.8. The van der Waals surface area contributed by atoms with Gasteiger partial charge in [-0.25, -0.2) is 0 Å².